The number of carbonyl (C=O) groups is 1. The Hall–Kier alpha value is -2.14. The van der Waals surface area contributed by atoms with Crippen LogP contribution in [0.1, 0.15) is 47.3 Å². The van der Waals surface area contributed by atoms with E-state index in [9.17, 15) is 4.79 Å². The molecule has 0 bridgehead atoms. The molecule has 1 fully saturated rings. The number of hydrogen-bond donors (Lipinski definition) is 2. The van der Waals surface area contributed by atoms with Gasteiger partial charge in [0.1, 0.15) is 0 Å². The van der Waals surface area contributed by atoms with Gasteiger partial charge in [-0.15, -0.1) is 0 Å². The number of nitrogens with one attached hydrogen (secondary N) is 2. The first kappa shape index (κ1) is 16.7. The summed E-state index contributed by atoms with van der Waals surface area (Å²) in [6, 6.07) is 5.44. The predicted molar refractivity (Wildman–Crippen MR) is 93.1 cm³/mol. The minimum atomic E-state index is -0.0814. The van der Waals surface area contributed by atoms with Crippen molar-refractivity contribution in [3.8, 4) is 11.5 Å². The van der Waals surface area contributed by atoms with Crippen molar-refractivity contribution in [3.63, 3.8) is 0 Å². The molecule has 0 saturated heterocycles. The van der Waals surface area contributed by atoms with Crippen molar-refractivity contribution in [2.45, 2.75) is 32.2 Å². The zero-order chi connectivity index (χ0) is 17.1. The number of carbonyl (C=O) groups excluding carboxylic acids is 1. The van der Waals surface area contributed by atoms with Gasteiger partial charge in [0, 0.05) is 18.4 Å². The molecule has 1 aromatic carbocycles. The average Bonchev–Trinajstić information content (AvgIpc) is 3.31. The molecule has 1 aliphatic carbocycles. The Morgan fingerprint density at radius 3 is 2.88 bits per heavy atom. The monoisotopic (exact) mass is 348 g/mol. The van der Waals surface area contributed by atoms with Gasteiger partial charge in [0.15, 0.2) is 11.5 Å². The highest BCUT2D eigenvalue weighted by atomic mass is 35.5. The van der Waals surface area contributed by atoms with E-state index in [-0.39, 0.29) is 5.91 Å². The molecule has 0 radical (unpaired) electrons. The fourth-order valence-electron chi connectivity index (χ4n) is 2.73. The topological polar surface area (TPSA) is 63.3 Å². The first-order chi connectivity index (χ1) is 11.6. The van der Waals surface area contributed by atoms with Crippen LogP contribution in [0.25, 0.3) is 0 Å². The maximum Gasteiger partial charge on any atom is 0.253 e. The zero-order valence-corrected chi connectivity index (χ0v) is 14.6. The van der Waals surface area contributed by atoms with Gasteiger partial charge < -0.3 is 19.8 Å². The predicted octanol–water partition coefficient (Wildman–Crippen LogP) is 3.88. The smallest absolute Gasteiger partial charge is 0.253 e. The van der Waals surface area contributed by atoms with Crippen LogP contribution in [0.15, 0.2) is 24.4 Å². The Labute approximate surface area is 146 Å². The van der Waals surface area contributed by atoms with Gasteiger partial charge in [-0.3, -0.25) is 4.79 Å². The molecule has 24 heavy (non-hydrogen) atoms. The molecule has 128 valence electrons. The first-order valence-electron chi connectivity index (χ1n) is 8.08. The Bertz CT molecular complexity index is 738. The number of H-pyrrole nitrogens is 1. The Kier molecular flexibility index (Phi) is 5.00. The van der Waals surface area contributed by atoms with Crippen molar-refractivity contribution in [1.29, 1.82) is 0 Å². The lowest BCUT2D eigenvalue weighted by molar-refractivity contribution is 0.0950. The van der Waals surface area contributed by atoms with Crippen LogP contribution in [0, 0.1) is 0 Å². The molecule has 0 spiro atoms. The van der Waals surface area contributed by atoms with E-state index >= 15 is 0 Å². The van der Waals surface area contributed by atoms with Gasteiger partial charge in [0.05, 0.1) is 24.3 Å². The summed E-state index contributed by atoms with van der Waals surface area (Å²) in [5.41, 5.74) is 2.62. The van der Waals surface area contributed by atoms with Gasteiger partial charge in [-0.05, 0) is 49.4 Å². The summed E-state index contributed by atoms with van der Waals surface area (Å²) in [6.07, 6.45) is 4.11. The number of aromatic nitrogens is 1. The van der Waals surface area contributed by atoms with Crippen LogP contribution in [-0.4, -0.2) is 24.6 Å². The van der Waals surface area contributed by atoms with Crippen molar-refractivity contribution < 1.29 is 14.3 Å². The van der Waals surface area contributed by atoms with Crippen LogP contribution in [0.5, 0.6) is 11.5 Å². The number of halogens is 1. The molecule has 0 aliphatic heterocycles. The third kappa shape index (κ3) is 3.51. The summed E-state index contributed by atoms with van der Waals surface area (Å²) < 4.78 is 10.8. The second-order valence-corrected chi connectivity index (χ2v) is 6.21. The van der Waals surface area contributed by atoms with Crippen LogP contribution in [-0.2, 0) is 6.54 Å². The second kappa shape index (κ2) is 7.18. The van der Waals surface area contributed by atoms with E-state index in [1.54, 1.807) is 13.2 Å². The van der Waals surface area contributed by atoms with Crippen molar-refractivity contribution in [2.24, 2.45) is 0 Å². The Morgan fingerprint density at radius 1 is 1.42 bits per heavy atom. The van der Waals surface area contributed by atoms with Gasteiger partial charge in [0.25, 0.3) is 5.91 Å². The third-order valence-corrected chi connectivity index (χ3v) is 4.32. The number of methoxy groups -OCH3 is 1. The van der Waals surface area contributed by atoms with Crippen molar-refractivity contribution >= 4 is 17.5 Å². The Morgan fingerprint density at radius 2 is 2.21 bits per heavy atom. The Balaban J connectivity index is 1.71. The molecule has 0 unspecified atom stereocenters. The molecule has 0 atom stereocenters. The highest BCUT2D eigenvalue weighted by molar-refractivity contribution is 6.32. The fourth-order valence-corrected chi connectivity index (χ4v) is 3.02. The quantitative estimate of drug-likeness (QED) is 0.798. The van der Waals surface area contributed by atoms with E-state index in [0.29, 0.717) is 35.6 Å². The molecule has 5 nitrogen and oxygen atoms in total. The number of rotatable bonds is 7. The number of amides is 1. The lowest BCUT2D eigenvalue weighted by Crippen LogP contribution is -2.23. The summed E-state index contributed by atoms with van der Waals surface area (Å²) in [4.78, 5) is 15.6. The van der Waals surface area contributed by atoms with E-state index in [0.717, 1.165) is 29.7 Å². The highest BCUT2D eigenvalue weighted by Crippen LogP contribution is 2.40. The minimum Gasteiger partial charge on any atom is -0.493 e. The van der Waals surface area contributed by atoms with Crippen LogP contribution in [0.2, 0.25) is 5.02 Å². The number of aromatic amines is 1. The van der Waals surface area contributed by atoms with Crippen molar-refractivity contribution in [1.82, 2.24) is 10.3 Å². The highest BCUT2D eigenvalue weighted by Gasteiger charge is 2.29. The van der Waals surface area contributed by atoms with Crippen LogP contribution in [0.4, 0.5) is 0 Å². The van der Waals surface area contributed by atoms with Gasteiger partial charge in [-0.2, -0.15) is 0 Å². The maximum atomic E-state index is 12.4. The average molecular weight is 349 g/mol. The fraction of sp³-hybridized carbons (Fsp3) is 0.389. The molecule has 1 amide bonds. The van der Waals surface area contributed by atoms with Gasteiger partial charge in [0.2, 0.25) is 0 Å². The summed E-state index contributed by atoms with van der Waals surface area (Å²) in [5.74, 6) is 1.51. The first-order valence-corrected chi connectivity index (χ1v) is 8.46. The van der Waals surface area contributed by atoms with E-state index in [1.807, 2.05) is 25.3 Å². The molecule has 2 N–H and O–H groups in total. The molecular weight excluding hydrogens is 328 g/mol. The number of hydrogen-bond acceptors (Lipinski definition) is 3. The summed E-state index contributed by atoms with van der Waals surface area (Å²) in [5, 5.41) is 3.41. The molecule has 3 rings (SSSR count). The second-order valence-electron chi connectivity index (χ2n) is 5.80. The molecular formula is C18H21ClN2O3. The molecule has 1 aromatic heterocycles. The maximum absolute atomic E-state index is 12.4. The summed E-state index contributed by atoms with van der Waals surface area (Å²) in [6.45, 7) is 2.76. The van der Waals surface area contributed by atoms with Crippen molar-refractivity contribution in [3.05, 3.63) is 46.2 Å². The normalized spacial score (nSPS) is 13.6. The number of benzene rings is 1. The largest absolute Gasteiger partial charge is 0.493 e. The molecule has 1 saturated carbocycles. The molecule has 1 aliphatic rings. The lowest BCUT2D eigenvalue weighted by Gasteiger charge is -2.13. The van der Waals surface area contributed by atoms with Crippen molar-refractivity contribution in [2.75, 3.05) is 13.7 Å². The van der Waals surface area contributed by atoms with Gasteiger partial charge in [-0.25, -0.2) is 0 Å². The standard InChI is InChI=1S/C18H21ClN2O3/c1-3-24-17-14(19)8-11(9-15(17)23-2)10-21-18(22)13-6-7-20-16(13)12-4-5-12/h6-9,12,20H,3-5,10H2,1-2H3,(H,21,22). The van der Waals surface area contributed by atoms with E-state index < -0.39 is 0 Å². The summed E-state index contributed by atoms with van der Waals surface area (Å²) >= 11 is 6.26. The SMILES string of the molecule is CCOc1c(Cl)cc(CNC(=O)c2cc[nH]c2C2CC2)cc1OC. The molecule has 6 heteroatoms. The lowest BCUT2D eigenvalue weighted by atomic mass is 10.1. The number of ether oxygens (including phenoxy) is 2. The van der Waals surface area contributed by atoms with E-state index in [1.165, 1.54) is 0 Å². The zero-order valence-electron chi connectivity index (χ0n) is 13.8. The van der Waals surface area contributed by atoms with Crippen LogP contribution < -0.4 is 14.8 Å². The third-order valence-electron chi connectivity index (χ3n) is 4.04. The molecule has 1 heterocycles. The van der Waals surface area contributed by atoms with E-state index in [2.05, 4.69) is 10.3 Å². The van der Waals surface area contributed by atoms with E-state index in [4.69, 9.17) is 21.1 Å². The van der Waals surface area contributed by atoms with Gasteiger partial charge >= 0.3 is 0 Å². The molecule has 2 aromatic rings. The van der Waals surface area contributed by atoms with Gasteiger partial charge in [-0.1, -0.05) is 11.6 Å². The van der Waals surface area contributed by atoms with Crippen LogP contribution in [0.3, 0.4) is 0 Å². The summed E-state index contributed by atoms with van der Waals surface area (Å²) in [7, 11) is 1.57. The minimum absolute atomic E-state index is 0.0814. The van der Waals surface area contributed by atoms with Crippen LogP contribution >= 0.6 is 11.6 Å².